The summed E-state index contributed by atoms with van der Waals surface area (Å²) in [6.07, 6.45) is 4.32. The fourth-order valence-corrected chi connectivity index (χ4v) is 1.02. The van der Waals surface area contributed by atoms with Crippen molar-refractivity contribution in [2.75, 3.05) is 6.54 Å². The van der Waals surface area contributed by atoms with Gasteiger partial charge in [-0.25, -0.2) is 0 Å². The Kier molecular flexibility index (Phi) is 7.65. The number of pyridine rings is 1. The molecule has 0 amide bonds. The first-order valence-corrected chi connectivity index (χ1v) is 4.54. The summed E-state index contributed by atoms with van der Waals surface area (Å²) in [5, 5.41) is 3.34. The Morgan fingerprint density at radius 2 is 2.23 bits per heavy atom. The van der Waals surface area contributed by atoms with Crippen LogP contribution in [0.4, 0.5) is 0 Å². The Hall–Kier alpha value is -0.600. The van der Waals surface area contributed by atoms with Crippen LogP contribution in [0.15, 0.2) is 24.4 Å². The molecule has 0 aliphatic heterocycles. The van der Waals surface area contributed by atoms with E-state index in [0.717, 1.165) is 18.8 Å². The summed E-state index contributed by atoms with van der Waals surface area (Å²) in [5.41, 5.74) is 1.12. The molecule has 1 heterocycles. The molecule has 1 aromatic heterocycles. The first kappa shape index (κ1) is 12.4. The summed E-state index contributed by atoms with van der Waals surface area (Å²) in [6.45, 7) is 4.18. The zero-order valence-corrected chi connectivity index (χ0v) is 8.81. The van der Waals surface area contributed by atoms with Gasteiger partial charge in [0.05, 0.1) is 5.69 Å². The normalized spacial score (nSPS) is 9.31. The molecule has 3 heteroatoms. The second-order valence-corrected chi connectivity index (χ2v) is 2.85. The second kappa shape index (κ2) is 8.02. The summed E-state index contributed by atoms with van der Waals surface area (Å²) in [4.78, 5) is 4.21. The number of rotatable bonds is 5. The number of hydrogen-bond donors (Lipinski definition) is 1. The van der Waals surface area contributed by atoms with Gasteiger partial charge in [-0.15, -0.1) is 12.4 Å². The minimum absolute atomic E-state index is 0. The van der Waals surface area contributed by atoms with Crippen LogP contribution in [0.2, 0.25) is 0 Å². The molecule has 2 nitrogen and oxygen atoms in total. The van der Waals surface area contributed by atoms with Crippen molar-refractivity contribution in [2.45, 2.75) is 26.3 Å². The summed E-state index contributed by atoms with van der Waals surface area (Å²) in [7, 11) is 0. The average Bonchev–Trinajstić information content (AvgIpc) is 2.14. The Balaban J connectivity index is 0.00000144. The van der Waals surface area contributed by atoms with Crippen LogP contribution in [0.1, 0.15) is 25.5 Å². The van der Waals surface area contributed by atoms with Crippen molar-refractivity contribution in [2.24, 2.45) is 0 Å². The van der Waals surface area contributed by atoms with E-state index in [-0.39, 0.29) is 12.4 Å². The first-order valence-electron chi connectivity index (χ1n) is 4.54. The van der Waals surface area contributed by atoms with Crippen LogP contribution in [0, 0.1) is 0 Å². The minimum Gasteiger partial charge on any atom is -0.311 e. The number of halogens is 1. The molecule has 0 aliphatic carbocycles. The largest absolute Gasteiger partial charge is 0.311 e. The van der Waals surface area contributed by atoms with E-state index < -0.39 is 0 Å². The number of nitrogens with one attached hydrogen (secondary N) is 1. The first-order chi connectivity index (χ1) is 5.93. The van der Waals surface area contributed by atoms with Crippen LogP contribution in [0.5, 0.6) is 0 Å². The predicted octanol–water partition coefficient (Wildman–Crippen LogP) is 2.39. The average molecular weight is 201 g/mol. The van der Waals surface area contributed by atoms with Gasteiger partial charge in [-0.05, 0) is 25.1 Å². The molecule has 0 spiro atoms. The SMILES string of the molecule is CCCCNCc1ccccn1.Cl. The lowest BCUT2D eigenvalue weighted by atomic mass is 10.3. The summed E-state index contributed by atoms with van der Waals surface area (Å²) in [5.74, 6) is 0. The van der Waals surface area contributed by atoms with Crippen LogP contribution in [-0.2, 0) is 6.54 Å². The van der Waals surface area contributed by atoms with Gasteiger partial charge in [-0.1, -0.05) is 19.4 Å². The van der Waals surface area contributed by atoms with Gasteiger partial charge < -0.3 is 5.32 Å². The van der Waals surface area contributed by atoms with Gasteiger partial charge in [-0.2, -0.15) is 0 Å². The smallest absolute Gasteiger partial charge is 0.0541 e. The van der Waals surface area contributed by atoms with Crippen molar-refractivity contribution in [1.82, 2.24) is 10.3 Å². The van der Waals surface area contributed by atoms with Crippen molar-refractivity contribution >= 4 is 12.4 Å². The van der Waals surface area contributed by atoms with E-state index in [0.29, 0.717) is 0 Å². The van der Waals surface area contributed by atoms with Gasteiger partial charge in [0, 0.05) is 12.7 Å². The highest BCUT2D eigenvalue weighted by Crippen LogP contribution is 1.92. The van der Waals surface area contributed by atoms with Gasteiger partial charge in [0.2, 0.25) is 0 Å². The van der Waals surface area contributed by atoms with Gasteiger partial charge in [0.25, 0.3) is 0 Å². The van der Waals surface area contributed by atoms with Crippen molar-refractivity contribution in [3.63, 3.8) is 0 Å². The van der Waals surface area contributed by atoms with E-state index in [1.807, 2.05) is 24.4 Å². The van der Waals surface area contributed by atoms with Gasteiger partial charge >= 0.3 is 0 Å². The van der Waals surface area contributed by atoms with Crippen LogP contribution in [0.3, 0.4) is 0 Å². The third kappa shape index (κ3) is 5.61. The molecule has 74 valence electrons. The van der Waals surface area contributed by atoms with Crippen molar-refractivity contribution in [3.05, 3.63) is 30.1 Å². The summed E-state index contributed by atoms with van der Waals surface area (Å²) < 4.78 is 0. The lowest BCUT2D eigenvalue weighted by Crippen LogP contribution is -2.15. The Labute approximate surface area is 86.2 Å². The predicted molar refractivity (Wildman–Crippen MR) is 58.1 cm³/mol. The molecular formula is C10H17ClN2. The molecule has 0 aromatic carbocycles. The maximum Gasteiger partial charge on any atom is 0.0541 e. The number of unbranched alkanes of at least 4 members (excludes halogenated alkanes) is 1. The topological polar surface area (TPSA) is 24.9 Å². The van der Waals surface area contributed by atoms with Gasteiger partial charge in [0.1, 0.15) is 0 Å². The quantitative estimate of drug-likeness (QED) is 0.739. The van der Waals surface area contributed by atoms with Crippen LogP contribution < -0.4 is 5.32 Å². The lowest BCUT2D eigenvalue weighted by Gasteiger charge is -2.01. The maximum absolute atomic E-state index is 4.21. The molecule has 0 fully saturated rings. The molecule has 0 radical (unpaired) electrons. The van der Waals surface area contributed by atoms with Crippen molar-refractivity contribution in [1.29, 1.82) is 0 Å². The maximum atomic E-state index is 4.21. The Morgan fingerprint density at radius 3 is 2.85 bits per heavy atom. The van der Waals surface area contributed by atoms with E-state index >= 15 is 0 Å². The molecule has 1 N–H and O–H groups in total. The third-order valence-corrected chi connectivity index (χ3v) is 1.74. The number of aromatic nitrogens is 1. The zero-order chi connectivity index (χ0) is 8.65. The van der Waals surface area contributed by atoms with Crippen LogP contribution >= 0.6 is 12.4 Å². The molecule has 1 rings (SSSR count). The van der Waals surface area contributed by atoms with E-state index in [1.54, 1.807) is 0 Å². The zero-order valence-electron chi connectivity index (χ0n) is 7.99. The van der Waals surface area contributed by atoms with Crippen LogP contribution in [-0.4, -0.2) is 11.5 Å². The fraction of sp³-hybridized carbons (Fsp3) is 0.500. The molecule has 0 aliphatic rings. The fourth-order valence-electron chi connectivity index (χ4n) is 1.02. The summed E-state index contributed by atoms with van der Waals surface area (Å²) >= 11 is 0. The molecule has 0 atom stereocenters. The molecule has 0 bridgehead atoms. The Bertz CT molecular complexity index is 201. The van der Waals surface area contributed by atoms with E-state index in [2.05, 4.69) is 17.2 Å². The van der Waals surface area contributed by atoms with Crippen molar-refractivity contribution in [3.8, 4) is 0 Å². The van der Waals surface area contributed by atoms with E-state index in [9.17, 15) is 0 Å². The van der Waals surface area contributed by atoms with E-state index in [4.69, 9.17) is 0 Å². The lowest BCUT2D eigenvalue weighted by molar-refractivity contribution is 0.633. The highest BCUT2D eigenvalue weighted by molar-refractivity contribution is 5.85. The summed E-state index contributed by atoms with van der Waals surface area (Å²) in [6, 6.07) is 6.00. The monoisotopic (exact) mass is 200 g/mol. The number of hydrogen-bond acceptors (Lipinski definition) is 2. The molecule has 0 saturated carbocycles. The van der Waals surface area contributed by atoms with E-state index in [1.165, 1.54) is 12.8 Å². The number of nitrogens with zero attached hydrogens (tertiary/aromatic N) is 1. The molecule has 13 heavy (non-hydrogen) atoms. The molecule has 0 unspecified atom stereocenters. The Morgan fingerprint density at radius 1 is 1.38 bits per heavy atom. The molecular weight excluding hydrogens is 184 g/mol. The standard InChI is InChI=1S/C10H16N2.ClH/c1-2-3-7-11-9-10-6-4-5-8-12-10;/h4-6,8,11H,2-3,7,9H2,1H3;1H. The van der Waals surface area contributed by atoms with Gasteiger partial charge in [0.15, 0.2) is 0 Å². The highest BCUT2D eigenvalue weighted by Gasteiger charge is 1.90. The highest BCUT2D eigenvalue weighted by atomic mass is 35.5. The second-order valence-electron chi connectivity index (χ2n) is 2.85. The van der Waals surface area contributed by atoms with Crippen molar-refractivity contribution < 1.29 is 0 Å². The molecule has 0 saturated heterocycles. The van der Waals surface area contributed by atoms with Crippen LogP contribution in [0.25, 0.3) is 0 Å². The van der Waals surface area contributed by atoms with Gasteiger partial charge in [-0.3, -0.25) is 4.98 Å². The molecule has 1 aromatic rings. The minimum atomic E-state index is 0. The third-order valence-electron chi connectivity index (χ3n) is 1.74.